The number of pyridine rings is 4. The van der Waals surface area contributed by atoms with Crippen LogP contribution in [0.15, 0.2) is 82.6 Å². The predicted octanol–water partition coefficient (Wildman–Crippen LogP) is 12.3. The summed E-state index contributed by atoms with van der Waals surface area (Å²) in [6.45, 7) is 20.4. The lowest BCUT2D eigenvalue weighted by Crippen LogP contribution is -2.66. The second-order valence-corrected chi connectivity index (χ2v) is 25.8. The van der Waals surface area contributed by atoms with E-state index in [1.165, 1.54) is 57.6 Å². The van der Waals surface area contributed by atoms with Crippen molar-refractivity contribution in [2.45, 2.75) is 125 Å². The molecular weight excluding hydrogens is 1180 g/mol. The van der Waals surface area contributed by atoms with Crippen molar-refractivity contribution in [3.8, 4) is 33.6 Å². The molecule has 4 aliphatic heterocycles. The number of aryl methyl sites for hydroxylation is 2. The molecule has 476 valence electrons. The van der Waals surface area contributed by atoms with Crippen molar-refractivity contribution in [2.24, 2.45) is 5.92 Å². The molecule has 2 fully saturated rings. The Balaban J connectivity index is 0.000000189. The van der Waals surface area contributed by atoms with Gasteiger partial charge in [0.1, 0.15) is 52.3 Å². The van der Waals surface area contributed by atoms with E-state index in [1.807, 2.05) is 39.5 Å². The number of nitrogen functional groups attached to an aromatic ring is 2. The summed E-state index contributed by atoms with van der Waals surface area (Å²) in [5, 5.41) is 0.0816. The lowest BCUT2D eigenvalue weighted by Gasteiger charge is -2.50. The molecule has 4 aromatic heterocycles. The van der Waals surface area contributed by atoms with Gasteiger partial charge >= 0.3 is 6.09 Å². The van der Waals surface area contributed by atoms with Crippen LogP contribution in [0.5, 0.6) is 0 Å². The van der Waals surface area contributed by atoms with Crippen LogP contribution in [0.2, 0.25) is 0 Å². The van der Waals surface area contributed by atoms with Crippen LogP contribution in [0.3, 0.4) is 0 Å². The maximum absolute atomic E-state index is 17.3. The Labute approximate surface area is 521 Å². The minimum Gasteiger partial charge on any atom is -0.444 e. The van der Waals surface area contributed by atoms with Gasteiger partial charge in [0, 0.05) is 78.9 Å². The molecule has 4 N–H and O–H groups in total. The summed E-state index contributed by atoms with van der Waals surface area (Å²) in [5.41, 5.74) is 9.86. The molecule has 17 nitrogen and oxygen atoms in total. The number of piperidine rings is 1. The van der Waals surface area contributed by atoms with E-state index in [9.17, 15) is 24.0 Å². The first-order valence-corrected chi connectivity index (χ1v) is 30.2. The van der Waals surface area contributed by atoms with E-state index in [1.54, 1.807) is 71.0 Å². The van der Waals surface area contributed by atoms with E-state index in [2.05, 4.69) is 9.97 Å². The van der Waals surface area contributed by atoms with E-state index in [0.717, 1.165) is 35.3 Å². The number of hydrogen-bond donors (Lipinski definition) is 2. The first kappa shape index (κ1) is 63.2. The Kier molecular flexibility index (Phi) is 16.1. The molecule has 2 saturated heterocycles. The summed E-state index contributed by atoms with van der Waals surface area (Å²) in [5.74, 6) is -7.27. The Hall–Kier alpha value is -9.41. The van der Waals surface area contributed by atoms with Crippen molar-refractivity contribution >= 4 is 73.8 Å². The van der Waals surface area contributed by atoms with Gasteiger partial charge in [0.05, 0.1) is 62.8 Å². The third-order valence-electron chi connectivity index (χ3n) is 17.7. The van der Waals surface area contributed by atoms with Crippen molar-refractivity contribution in [1.82, 2.24) is 24.0 Å². The van der Waals surface area contributed by atoms with Gasteiger partial charge < -0.3 is 40.7 Å². The minimum absolute atomic E-state index is 0.0245. The molecule has 0 saturated carbocycles. The molecule has 8 aromatic rings. The number of aromatic nitrogens is 4. The van der Waals surface area contributed by atoms with Gasteiger partial charge in [-0.3, -0.25) is 38.3 Å². The first-order chi connectivity index (χ1) is 42.9. The van der Waals surface area contributed by atoms with E-state index in [-0.39, 0.29) is 92.7 Å². The second-order valence-electron chi connectivity index (χ2n) is 25.8. The molecule has 0 unspecified atom stereocenters. The van der Waals surface area contributed by atoms with Gasteiger partial charge in [0.2, 0.25) is 5.91 Å². The topological polar surface area (TPSA) is 198 Å². The third kappa shape index (κ3) is 10.2. The number of halogens is 6. The van der Waals surface area contributed by atoms with Gasteiger partial charge in [-0.1, -0.05) is 46.8 Å². The first-order valence-electron chi connectivity index (χ1n) is 30.2. The Bertz CT molecular complexity index is 4480. The highest BCUT2D eigenvalue weighted by Crippen LogP contribution is 2.49. The average molecular weight is 1250 g/mol. The maximum Gasteiger partial charge on any atom is 0.410 e. The second kappa shape index (κ2) is 23.1. The standard InChI is InChI=1S/C36H39F3N6O4.C32H32F3N5O2/c1-17(2)28-29(18(3)12-13-41-28)45-30-20(14-22(38)26(27(30)39)25-21(37)10-9-11-23(25)40)31-32(34(45)47)42(8)33(46)24-16-43(19(4)15-44(24)31)35(48)49-36(5,6)7;1-15(2)26-27(17(4)11-12-37-26)40-28-18(13-20(34)24(25(28)35)23-19(33)7-6-8-21(23)36)29-30(32(40)42)38(5)31(41)22-10-9-16(3)14-39(22)29/h9-14,17,19,24H,15-16,40H2,1-8H3;6-8,11-13,15-16,22H,9-10,14,36H2,1-5H3/t19-,24-;16-,22+/m10/s1. The molecule has 0 radical (unpaired) electrons. The fraction of sp³-hybridized carbons (Fsp3) is 0.368. The number of nitrogens with zero attached hydrogens (tertiary/aromatic N) is 9. The molecular formula is C68H71F6N11O6. The van der Waals surface area contributed by atoms with E-state index in [4.69, 9.17) is 16.2 Å². The van der Waals surface area contributed by atoms with Crippen molar-refractivity contribution in [2.75, 3.05) is 64.8 Å². The summed E-state index contributed by atoms with van der Waals surface area (Å²) in [6, 6.07) is 11.0. The number of carbonyl (C=O) groups is 3. The zero-order chi connectivity index (χ0) is 66.0. The fourth-order valence-corrected chi connectivity index (χ4v) is 13.5. The van der Waals surface area contributed by atoms with Crippen molar-refractivity contribution in [3.05, 3.63) is 151 Å². The quantitative estimate of drug-likeness (QED) is 0.118. The van der Waals surface area contributed by atoms with Crippen LogP contribution in [-0.4, -0.2) is 99.4 Å². The van der Waals surface area contributed by atoms with E-state index < -0.39 is 104 Å². The van der Waals surface area contributed by atoms with Crippen LogP contribution >= 0.6 is 0 Å². The largest absolute Gasteiger partial charge is 0.444 e. The summed E-state index contributed by atoms with van der Waals surface area (Å²) in [7, 11) is 2.95. The van der Waals surface area contributed by atoms with E-state index >= 15 is 26.3 Å². The SMILES string of the molecule is Cc1ccnc(C(C)C)c1-n1c(=O)c2c(c3cc(F)c(-c4c(N)cccc4F)c(F)c31)N1C[C@@H](C)CC[C@@H]1C(=O)N2C.Cc1ccnc(C(C)C)c1-n1c(=O)c2c(c3cc(F)c(-c4c(N)cccc4F)c(F)c31)N1C[C@@H](C)N(C(=O)OC(C)(C)C)C[C@@H]1C(=O)N2C. The normalized spacial score (nSPS) is 18.2. The molecule has 0 spiro atoms. The minimum atomic E-state index is -1.21. The van der Waals surface area contributed by atoms with Gasteiger partial charge in [-0.15, -0.1) is 0 Å². The number of likely N-dealkylation sites (N-methyl/N-ethyl adjacent to an activating group) is 2. The maximum atomic E-state index is 17.3. The number of carbonyl (C=O) groups excluding carboxylic acids is 3. The Morgan fingerprint density at radius 2 is 1.00 bits per heavy atom. The number of fused-ring (bicyclic) bond motifs is 10. The number of rotatable bonds is 6. The molecule has 3 amide bonds. The molecule has 4 aliphatic rings. The van der Waals surface area contributed by atoms with Gasteiger partial charge in [-0.25, -0.2) is 31.1 Å². The monoisotopic (exact) mass is 1250 g/mol. The summed E-state index contributed by atoms with van der Waals surface area (Å²) < 4.78 is 105. The number of ether oxygens (including phenoxy) is 1. The number of benzene rings is 4. The molecule has 23 heteroatoms. The molecule has 4 atom stereocenters. The highest BCUT2D eigenvalue weighted by molar-refractivity contribution is 6.14. The van der Waals surface area contributed by atoms with Crippen LogP contribution in [0.25, 0.3) is 55.4 Å². The predicted molar refractivity (Wildman–Crippen MR) is 342 cm³/mol. The lowest BCUT2D eigenvalue weighted by molar-refractivity contribution is -0.121. The third-order valence-corrected chi connectivity index (χ3v) is 17.7. The zero-order valence-electron chi connectivity index (χ0n) is 52.8. The summed E-state index contributed by atoms with van der Waals surface area (Å²) in [6.07, 6.45) is 3.92. The highest BCUT2D eigenvalue weighted by Gasteiger charge is 2.48. The molecule has 8 heterocycles. The van der Waals surface area contributed by atoms with E-state index in [0.29, 0.717) is 46.9 Å². The fourth-order valence-electron chi connectivity index (χ4n) is 13.5. The number of amides is 3. The van der Waals surface area contributed by atoms with Crippen LogP contribution < -0.4 is 42.2 Å². The number of nitrogens with two attached hydrogens (primary N) is 2. The van der Waals surface area contributed by atoms with Crippen LogP contribution in [-0.2, 0) is 14.3 Å². The summed E-state index contributed by atoms with van der Waals surface area (Å²) in [4.78, 5) is 86.8. The van der Waals surface area contributed by atoms with Crippen molar-refractivity contribution in [3.63, 3.8) is 0 Å². The Morgan fingerprint density at radius 1 is 0.571 bits per heavy atom. The average Bonchev–Trinajstić information content (AvgIpc) is 0.708. The molecule has 0 bridgehead atoms. The molecule has 0 aliphatic carbocycles. The van der Waals surface area contributed by atoms with Crippen LogP contribution in [0.1, 0.15) is 110 Å². The highest BCUT2D eigenvalue weighted by atomic mass is 19.2. The Morgan fingerprint density at radius 3 is 1.42 bits per heavy atom. The van der Waals surface area contributed by atoms with Gasteiger partial charge in [-0.05, 0) is 132 Å². The van der Waals surface area contributed by atoms with Crippen molar-refractivity contribution < 1.29 is 45.5 Å². The van der Waals surface area contributed by atoms with Crippen LogP contribution in [0.4, 0.5) is 65.3 Å². The molecule has 12 rings (SSSR count). The lowest BCUT2D eigenvalue weighted by atomic mass is 9.89. The van der Waals surface area contributed by atoms with Gasteiger partial charge in [0.15, 0.2) is 11.6 Å². The van der Waals surface area contributed by atoms with Gasteiger partial charge in [0.25, 0.3) is 17.0 Å². The van der Waals surface area contributed by atoms with Crippen LogP contribution in [0, 0.1) is 54.7 Å². The molecule has 4 aromatic carbocycles. The van der Waals surface area contributed by atoms with Gasteiger partial charge in [-0.2, -0.15) is 0 Å². The molecule has 91 heavy (non-hydrogen) atoms. The van der Waals surface area contributed by atoms with Crippen molar-refractivity contribution in [1.29, 1.82) is 0 Å². The zero-order valence-corrected chi connectivity index (χ0v) is 52.8. The smallest absolute Gasteiger partial charge is 0.410 e. The summed E-state index contributed by atoms with van der Waals surface area (Å²) >= 11 is 0. The number of anilines is 6. The number of hydrogen-bond acceptors (Lipinski definition) is 12. The number of piperazine rings is 1.